The third kappa shape index (κ3) is 4.81. The third-order valence-electron chi connectivity index (χ3n) is 4.11. The molecule has 2 heterocycles. The molecule has 0 bridgehead atoms. The van der Waals surface area contributed by atoms with Crippen molar-refractivity contribution in [2.45, 2.75) is 26.3 Å². The molecule has 0 amide bonds. The Bertz CT molecular complexity index is 725. The summed E-state index contributed by atoms with van der Waals surface area (Å²) in [5.41, 5.74) is 4.71. The number of aromatic nitrogens is 1. The molecule has 2 aromatic rings. The van der Waals surface area contributed by atoms with Crippen molar-refractivity contribution in [2.75, 3.05) is 13.1 Å². The number of benzene rings is 1. The second kappa shape index (κ2) is 7.76. The molecule has 116 valence electrons. The molecule has 1 aliphatic heterocycles. The average Bonchev–Trinajstić information content (AvgIpc) is 2.58. The molecule has 1 aromatic heterocycles. The predicted octanol–water partition coefficient (Wildman–Crippen LogP) is 3.96. The number of hydrogen-bond donors (Lipinski definition) is 0. The van der Waals surface area contributed by atoms with Crippen LogP contribution in [0.5, 0.6) is 0 Å². The lowest BCUT2D eigenvalue weighted by molar-refractivity contribution is 0.248. The van der Waals surface area contributed by atoms with E-state index >= 15 is 0 Å². The number of piperidine rings is 1. The van der Waals surface area contributed by atoms with E-state index in [0.29, 0.717) is 0 Å². The molecule has 1 fully saturated rings. The summed E-state index contributed by atoms with van der Waals surface area (Å²) in [6.07, 6.45) is 4.31. The summed E-state index contributed by atoms with van der Waals surface area (Å²) in [5, 5.41) is 0. The molecule has 23 heavy (non-hydrogen) atoms. The van der Waals surface area contributed by atoms with E-state index in [1.807, 2.05) is 25.1 Å². The van der Waals surface area contributed by atoms with Gasteiger partial charge in [-0.1, -0.05) is 47.9 Å². The lowest BCUT2D eigenvalue weighted by Crippen LogP contribution is -2.30. The Balaban J connectivity index is 1.53. The van der Waals surface area contributed by atoms with Gasteiger partial charge in [0.15, 0.2) is 0 Å². The van der Waals surface area contributed by atoms with Crippen LogP contribution in [-0.4, -0.2) is 23.0 Å². The van der Waals surface area contributed by atoms with Gasteiger partial charge in [-0.2, -0.15) is 0 Å². The molecule has 0 aliphatic carbocycles. The molecule has 0 saturated carbocycles. The minimum absolute atomic E-state index is 0.850. The first kappa shape index (κ1) is 15.5. The van der Waals surface area contributed by atoms with Gasteiger partial charge in [-0.25, -0.2) is 4.98 Å². The molecule has 1 aromatic carbocycles. The summed E-state index contributed by atoms with van der Waals surface area (Å²) in [4.78, 5) is 6.92. The van der Waals surface area contributed by atoms with Crippen LogP contribution in [0.3, 0.4) is 0 Å². The maximum Gasteiger partial charge on any atom is 0.113 e. The minimum atomic E-state index is 0.850. The largest absolute Gasteiger partial charge is 0.298 e. The molecule has 1 saturated heterocycles. The molecular formula is C21H22N2. The number of nitrogens with zero attached hydrogens (tertiary/aromatic N) is 2. The fraction of sp³-hybridized carbons (Fsp3) is 0.286. The van der Waals surface area contributed by atoms with E-state index < -0.39 is 0 Å². The van der Waals surface area contributed by atoms with Crippen LogP contribution in [0.25, 0.3) is 0 Å². The van der Waals surface area contributed by atoms with E-state index in [9.17, 15) is 0 Å². The standard InChI is InChI=1S/C21H22N2/c1-18-7-5-11-21(22-18)12-6-10-19-13-15-23(16-14-19)17-20-8-3-2-4-9-20/h2-5,7-11H,13-17H2,1H3. The van der Waals surface area contributed by atoms with Crippen molar-refractivity contribution >= 4 is 0 Å². The van der Waals surface area contributed by atoms with Crippen molar-refractivity contribution in [1.82, 2.24) is 9.88 Å². The molecule has 0 unspecified atom stereocenters. The number of aryl methyl sites for hydroxylation is 1. The Labute approximate surface area is 138 Å². The SMILES string of the molecule is Cc1cccc(C#CC=C2CCN(Cc3ccccc3)CC2)n1. The fourth-order valence-electron chi connectivity index (χ4n) is 2.81. The summed E-state index contributed by atoms with van der Waals surface area (Å²) in [6, 6.07) is 16.6. The van der Waals surface area contributed by atoms with Crippen molar-refractivity contribution in [3.63, 3.8) is 0 Å². The Morgan fingerprint density at radius 3 is 2.57 bits per heavy atom. The first-order chi connectivity index (χ1) is 11.3. The van der Waals surface area contributed by atoms with Gasteiger partial charge in [0, 0.05) is 25.3 Å². The third-order valence-corrected chi connectivity index (χ3v) is 4.11. The Morgan fingerprint density at radius 1 is 1.04 bits per heavy atom. The Hall–Kier alpha value is -2.37. The van der Waals surface area contributed by atoms with E-state index in [0.717, 1.165) is 43.9 Å². The molecule has 3 rings (SSSR count). The van der Waals surface area contributed by atoms with Crippen LogP contribution in [0.1, 0.15) is 29.8 Å². The zero-order valence-corrected chi connectivity index (χ0v) is 13.6. The van der Waals surface area contributed by atoms with Gasteiger partial charge in [0.25, 0.3) is 0 Å². The van der Waals surface area contributed by atoms with Crippen LogP contribution >= 0.6 is 0 Å². The number of rotatable bonds is 2. The monoisotopic (exact) mass is 302 g/mol. The van der Waals surface area contributed by atoms with Gasteiger partial charge in [-0.05, 0) is 49.5 Å². The summed E-state index contributed by atoms with van der Waals surface area (Å²) in [7, 11) is 0. The topological polar surface area (TPSA) is 16.1 Å². The number of pyridine rings is 1. The molecule has 1 aliphatic rings. The lowest BCUT2D eigenvalue weighted by atomic mass is 10.0. The highest BCUT2D eigenvalue weighted by molar-refractivity contribution is 5.34. The predicted molar refractivity (Wildman–Crippen MR) is 94.9 cm³/mol. The van der Waals surface area contributed by atoms with E-state index in [1.165, 1.54) is 11.1 Å². The van der Waals surface area contributed by atoms with Crippen LogP contribution in [0.15, 0.2) is 60.2 Å². The molecule has 2 nitrogen and oxygen atoms in total. The summed E-state index contributed by atoms with van der Waals surface area (Å²) in [5.74, 6) is 6.30. The first-order valence-corrected chi connectivity index (χ1v) is 8.19. The van der Waals surface area contributed by atoms with Crippen molar-refractivity contribution < 1.29 is 0 Å². The van der Waals surface area contributed by atoms with E-state index in [1.54, 1.807) is 0 Å². The molecule has 0 N–H and O–H groups in total. The van der Waals surface area contributed by atoms with Gasteiger partial charge < -0.3 is 0 Å². The average molecular weight is 302 g/mol. The number of allylic oxidation sites excluding steroid dienone is 1. The van der Waals surface area contributed by atoms with Crippen molar-refractivity contribution in [1.29, 1.82) is 0 Å². The Kier molecular flexibility index (Phi) is 5.24. The highest BCUT2D eigenvalue weighted by Crippen LogP contribution is 2.17. The quantitative estimate of drug-likeness (QED) is 0.781. The van der Waals surface area contributed by atoms with Crippen molar-refractivity contribution in [3.8, 4) is 11.8 Å². The molecule has 2 heteroatoms. The molecular weight excluding hydrogens is 280 g/mol. The van der Waals surface area contributed by atoms with E-state index in [-0.39, 0.29) is 0 Å². The van der Waals surface area contributed by atoms with Crippen LogP contribution in [0.4, 0.5) is 0 Å². The zero-order chi connectivity index (χ0) is 15.9. The van der Waals surface area contributed by atoms with Gasteiger partial charge in [0.1, 0.15) is 5.69 Å². The second-order valence-electron chi connectivity index (χ2n) is 6.00. The smallest absolute Gasteiger partial charge is 0.113 e. The van der Waals surface area contributed by atoms with E-state index in [2.05, 4.69) is 58.1 Å². The highest BCUT2D eigenvalue weighted by atomic mass is 15.1. The summed E-state index contributed by atoms with van der Waals surface area (Å²) in [6.45, 7) is 5.27. The second-order valence-corrected chi connectivity index (χ2v) is 6.00. The van der Waals surface area contributed by atoms with Gasteiger partial charge in [-0.15, -0.1) is 0 Å². The van der Waals surface area contributed by atoms with Crippen molar-refractivity contribution in [3.05, 3.63) is 77.1 Å². The van der Waals surface area contributed by atoms with Gasteiger partial charge in [0.2, 0.25) is 0 Å². The zero-order valence-electron chi connectivity index (χ0n) is 13.6. The lowest BCUT2D eigenvalue weighted by Gasteiger charge is -2.28. The number of hydrogen-bond acceptors (Lipinski definition) is 2. The van der Waals surface area contributed by atoms with Gasteiger partial charge in [0.05, 0.1) is 0 Å². The maximum atomic E-state index is 4.40. The van der Waals surface area contributed by atoms with Gasteiger partial charge >= 0.3 is 0 Å². The van der Waals surface area contributed by atoms with Crippen LogP contribution < -0.4 is 0 Å². The van der Waals surface area contributed by atoms with E-state index in [4.69, 9.17) is 0 Å². The van der Waals surface area contributed by atoms with Crippen LogP contribution in [0, 0.1) is 18.8 Å². The molecule has 0 atom stereocenters. The van der Waals surface area contributed by atoms with Crippen molar-refractivity contribution in [2.24, 2.45) is 0 Å². The van der Waals surface area contributed by atoms with Crippen LogP contribution in [0.2, 0.25) is 0 Å². The molecule has 0 radical (unpaired) electrons. The van der Waals surface area contributed by atoms with Crippen LogP contribution in [-0.2, 0) is 6.54 Å². The first-order valence-electron chi connectivity index (χ1n) is 8.19. The minimum Gasteiger partial charge on any atom is -0.298 e. The number of likely N-dealkylation sites (tertiary alicyclic amines) is 1. The highest BCUT2D eigenvalue weighted by Gasteiger charge is 2.13. The summed E-state index contributed by atoms with van der Waals surface area (Å²) < 4.78 is 0. The van der Waals surface area contributed by atoms with Gasteiger partial charge in [-0.3, -0.25) is 4.90 Å². The normalized spacial score (nSPS) is 14.9. The maximum absolute atomic E-state index is 4.40. The molecule has 0 spiro atoms. The summed E-state index contributed by atoms with van der Waals surface area (Å²) >= 11 is 0. The fourth-order valence-corrected chi connectivity index (χ4v) is 2.81. The Morgan fingerprint density at radius 2 is 1.83 bits per heavy atom.